The molecule has 0 radical (unpaired) electrons. The number of hydrogen-bond acceptors (Lipinski definition) is 4. The van der Waals surface area contributed by atoms with Gasteiger partial charge < -0.3 is 9.47 Å². The Bertz CT molecular complexity index is 782. The van der Waals surface area contributed by atoms with Gasteiger partial charge in [0.1, 0.15) is 11.5 Å². The predicted octanol–water partition coefficient (Wildman–Crippen LogP) is 6.13. The fraction of sp³-hybridized carbons (Fsp3) is 0.308. The molecule has 0 saturated heterocycles. The second kappa shape index (κ2) is 14.8. The van der Waals surface area contributed by atoms with Gasteiger partial charge in [-0.3, -0.25) is 9.98 Å². The monoisotopic (exact) mass is 404 g/mol. The van der Waals surface area contributed by atoms with Gasteiger partial charge in [0.05, 0.1) is 14.2 Å². The van der Waals surface area contributed by atoms with Gasteiger partial charge >= 0.3 is 0 Å². The first-order valence-corrected chi connectivity index (χ1v) is 10.4. The lowest BCUT2D eigenvalue weighted by Crippen LogP contribution is -1.87. The van der Waals surface area contributed by atoms with E-state index in [0.717, 1.165) is 48.6 Å². The Labute approximate surface area is 180 Å². The molecule has 0 atom stereocenters. The Morgan fingerprint density at radius 2 is 1.07 bits per heavy atom. The van der Waals surface area contributed by atoms with Crippen LogP contribution in [0, 0.1) is 0 Å². The van der Waals surface area contributed by atoms with Crippen LogP contribution in [0.3, 0.4) is 0 Å². The first-order chi connectivity index (χ1) is 14.8. The van der Waals surface area contributed by atoms with Gasteiger partial charge in [-0.25, -0.2) is 0 Å². The highest BCUT2D eigenvalue weighted by atomic mass is 16.5. The Kier molecular flexibility index (Phi) is 11.4. The molecule has 0 aliphatic heterocycles. The Morgan fingerprint density at radius 1 is 0.633 bits per heavy atom. The van der Waals surface area contributed by atoms with Crippen molar-refractivity contribution >= 4 is 24.6 Å². The van der Waals surface area contributed by atoms with Crippen molar-refractivity contribution in [3.05, 3.63) is 71.8 Å². The van der Waals surface area contributed by atoms with Gasteiger partial charge in [-0.2, -0.15) is 0 Å². The molecule has 0 spiro atoms. The highest BCUT2D eigenvalue weighted by Gasteiger charge is 1.96. The van der Waals surface area contributed by atoms with E-state index in [0.29, 0.717) is 0 Å². The second-order valence-corrected chi connectivity index (χ2v) is 6.73. The van der Waals surface area contributed by atoms with Crippen LogP contribution in [0.1, 0.15) is 36.8 Å². The van der Waals surface area contributed by atoms with Crippen molar-refractivity contribution in [2.24, 2.45) is 9.98 Å². The van der Waals surface area contributed by atoms with E-state index in [2.05, 4.69) is 9.98 Å². The summed E-state index contributed by atoms with van der Waals surface area (Å²) in [6.45, 7) is 1.72. The van der Waals surface area contributed by atoms with Crippen LogP contribution in [0.2, 0.25) is 0 Å². The van der Waals surface area contributed by atoms with E-state index in [4.69, 9.17) is 9.47 Å². The van der Waals surface area contributed by atoms with Crippen molar-refractivity contribution < 1.29 is 9.47 Å². The molecule has 0 fully saturated rings. The van der Waals surface area contributed by atoms with Crippen LogP contribution < -0.4 is 9.47 Å². The summed E-state index contributed by atoms with van der Waals surface area (Å²) in [4.78, 5) is 8.88. The summed E-state index contributed by atoms with van der Waals surface area (Å²) >= 11 is 0. The predicted molar refractivity (Wildman–Crippen MR) is 129 cm³/mol. The third kappa shape index (κ3) is 8.91. The maximum absolute atomic E-state index is 5.32. The first-order valence-electron chi connectivity index (χ1n) is 10.4. The van der Waals surface area contributed by atoms with Crippen molar-refractivity contribution in [2.75, 3.05) is 27.3 Å². The van der Waals surface area contributed by atoms with Gasteiger partial charge in [0.15, 0.2) is 0 Å². The average molecular weight is 405 g/mol. The fourth-order valence-electron chi connectivity index (χ4n) is 2.93. The number of rotatable bonds is 13. The number of unbranched alkanes of at least 4 members (excludes halogenated alkanes) is 3. The lowest BCUT2D eigenvalue weighted by Gasteiger charge is -2.02. The number of nitrogens with zero attached hydrogens (tertiary/aromatic N) is 2. The Morgan fingerprint density at radius 3 is 1.50 bits per heavy atom. The standard InChI is InChI=1S/C26H32N2O2/c1-29-25-17-7-5-13-23(25)15-11-21-27-19-9-3-4-10-20-28-22-12-16-24-14-6-8-18-26(24)30-2/h5-8,11-18,21-22H,3-4,9-10,19-20H2,1-2H3/b15-11+,16-12+,27-21?,28-22?. The van der Waals surface area contributed by atoms with Crippen molar-refractivity contribution in [3.63, 3.8) is 0 Å². The van der Waals surface area contributed by atoms with Crippen molar-refractivity contribution in [2.45, 2.75) is 25.7 Å². The molecule has 4 heteroatoms. The molecule has 0 bridgehead atoms. The van der Waals surface area contributed by atoms with Crippen LogP contribution in [-0.2, 0) is 0 Å². The molecule has 0 aliphatic carbocycles. The number of benzene rings is 2. The number of para-hydroxylation sites is 2. The average Bonchev–Trinajstić information content (AvgIpc) is 2.79. The smallest absolute Gasteiger partial charge is 0.126 e. The fourth-order valence-corrected chi connectivity index (χ4v) is 2.93. The van der Waals surface area contributed by atoms with Gasteiger partial charge in [0.25, 0.3) is 0 Å². The second-order valence-electron chi connectivity index (χ2n) is 6.73. The SMILES string of the molecule is COc1ccccc1/C=C/C=NCCCCCCN=C/C=C/c1ccccc1OC. The normalized spacial score (nSPS) is 11.9. The maximum Gasteiger partial charge on any atom is 0.126 e. The zero-order valence-corrected chi connectivity index (χ0v) is 18.0. The molecule has 158 valence electrons. The van der Waals surface area contributed by atoms with Crippen LogP contribution in [0.15, 0.2) is 70.7 Å². The van der Waals surface area contributed by atoms with Gasteiger partial charge in [0.2, 0.25) is 0 Å². The van der Waals surface area contributed by atoms with Crippen molar-refractivity contribution in [1.82, 2.24) is 0 Å². The van der Waals surface area contributed by atoms with Crippen molar-refractivity contribution in [3.8, 4) is 11.5 Å². The molecule has 30 heavy (non-hydrogen) atoms. The molecule has 2 aromatic carbocycles. The third-order valence-electron chi connectivity index (χ3n) is 4.54. The van der Waals surface area contributed by atoms with E-state index in [9.17, 15) is 0 Å². The summed E-state index contributed by atoms with van der Waals surface area (Å²) in [5.74, 6) is 1.75. The molecular weight excluding hydrogens is 372 g/mol. The van der Waals surface area contributed by atoms with Crippen LogP contribution >= 0.6 is 0 Å². The maximum atomic E-state index is 5.32. The summed E-state index contributed by atoms with van der Waals surface area (Å²) in [5, 5.41) is 0. The van der Waals surface area contributed by atoms with E-state index in [-0.39, 0.29) is 0 Å². The van der Waals surface area contributed by atoms with E-state index in [1.54, 1.807) is 14.2 Å². The van der Waals surface area contributed by atoms with Gasteiger partial charge in [0, 0.05) is 36.6 Å². The Hall–Kier alpha value is -3.14. The molecule has 0 amide bonds. The van der Waals surface area contributed by atoms with Crippen LogP contribution in [0.5, 0.6) is 11.5 Å². The van der Waals surface area contributed by atoms with Gasteiger partial charge in [-0.15, -0.1) is 0 Å². The number of allylic oxidation sites excluding steroid dienone is 2. The molecule has 0 heterocycles. The van der Waals surface area contributed by atoms with Gasteiger partial charge in [-0.05, 0) is 49.3 Å². The lowest BCUT2D eigenvalue weighted by molar-refractivity contribution is 0.414. The quantitative estimate of drug-likeness (QED) is 0.298. The largest absolute Gasteiger partial charge is 0.496 e. The minimum Gasteiger partial charge on any atom is -0.496 e. The molecule has 2 aromatic rings. The highest BCUT2D eigenvalue weighted by Crippen LogP contribution is 2.19. The van der Waals surface area contributed by atoms with Crippen LogP contribution in [0.25, 0.3) is 12.2 Å². The minimum atomic E-state index is 0.862. The van der Waals surface area contributed by atoms with Crippen LogP contribution in [-0.4, -0.2) is 39.7 Å². The Balaban J connectivity index is 1.53. The third-order valence-corrected chi connectivity index (χ3v) is 4.54. The van der Waals surface area contributed by atoms with Crippen molar-refractivity contribution in [1.29, 1.82) is 0 Å². The number of aliphatic imine (C=N–C) groups is 2. The molecule has 0 unspecified atom stereocenters. The highest BCUT2D eigenvalue weighted by molar-refractivity contribution is 5.79. The van der Waals surface area contributed by atoms with Crippen LogP contribution in [0.4, 0.5) is 0 Å². The molecule has 2 rings (SSSR count). The van der Waals surface area contributed by atoms with E-state index in [1.165, 1.54) is 12.8 Å². The van der Waals surface area contributed by atoms with E-state index < -0.39 is 0 Å². The first kappa shape index (κ1) is 23.1. The number of ether oxygens (including phenoxy) is 2. The summed E-state index contributed by atoms with van der Waals surface area (Å²) in [6, 6.07) is 15.9. The number of methoxy groups -OCH3 is 2. The molecule has 4 nitrogen and oxygen atoms in total. The topological polar surface area (TPSA) is 43.2 Å². The van der Waals surface area contributed by atoms with E-state index >= 15 is 0 Å². The lowest BCUT2D eigenvalue weighted by atomic mass is 10.2. The number of hydrogen-bond donors (Lipinski definition) is 0. The molecule has 0 aromatic heterocycles. The minimum absolute atomic E-state index is 0.862. The molecular formula is C26H32N2O2. The summed E-state index contributed by atoms with van der Waals surface area (Å²) in [5.41, 5.74) is 2.12. The molecule has 0 saturated carbocycles. The summed E-state index contributed by atoms with van der Waals surface area (Å²) in [6.07, 6.45) is 16.3. The zero-order chi connectivity index (χ0) is 21.3. The molecule has 0 aliphatic rings. The van der Waals surface area contributed by atoms with E-state index in [1.807, 2.05) is 85.3 Å². The molecule has 0 N–H and O–H groups in total. The van der Waals surface area contributed by atoms with Gasteiger partial charge in [-0.1, -0.05) is 49.2 Å². The summed E-state index contributed by atoms with van der Waals surface area (Å²) < 4.78 is 10.6. The zero-order valence-electron chi connectivity index (χ0n) is 18.0. The summed E-state index contributed by atoms with van der Waals surface area (Å²) in [7, 11) is 3.37.